The zero-order chi connectivity index (χ0) is 15.0. The third kappa shape index (κ3) is 4.22. The number of ether oxygens (including phenoxy) is 2. The van der Waals surface area contributed by atoms with Gasteiger partial charge in [0.2, 0.25) is 5.88 Å². The van der Waals surface area contributed by atoms with E-state index in [0.29, 0.717) is 13.2 Å². The van der Waals surface area contributed by atoms with Gasteiger partial charge in [0.15, 0.2) is 0 Å². The number of nitrogens with one attached hydrogen (secondary N) is 1. The van der Waals surface area contributed by atoms with Crippen LogP contribution in [0.2, 0.25) is 0 Å². The molecule has 0 saturated carbocycles. The Morgan fingerprint density at radius 2 is 2.10 bits per heavy atom. The van der Waals surface area contributed by atoms with Crippen molar-refractivity contribution in [2.45, 2.75) is 26.7 Å². The molecule has 1 N–H and O–H groups in total. The van der Waals surface area contributed by atoms with Crippen LogP contribution in [-0.2, 0) is 4.74 Å². The Hall–Kier alpha value is -2.11. The summed E-state index contributed by atoms with van der Waals surface area (Å²) in [6.07, 6.45) is 3.09. The molecule has 0 radical (unpaired) electrons. The molecule has 0 spiro atoms. The van der Waals surface area contributed by atoms with Crippen LogP contribution in [0.1, 0.15) is 47.4 Å². The number of nitrogens with zero attached hydrogens (tertiary/aromatic N) is 1. The summed E-state index contributed by atoms with van der Waals surface area (Å²) in [5, 5.41) is 2.64. The smallest absolute Gasteiger partial charge is 0.339 e. The van der Waals surface area contributed by atoms with E-state index in [0.717, 1.165) is 12.8 Å². The molecule has 0 atom stereocenters. The van der Waals surface area contributed by atoms with Crippen LogP contribution in [-0.4, -0.2) is 37.1 Å². The highest BCUT2D eigenvalue weighted by Crippen LogP contribution is 2.17. The van der Waals surface area contributed by atoms with Crippen LogP contribution in [0.15, 0.2) is 12.3 Å². The molecule has 1 aromatic heterocycles. The van der Waals surface area contributed by atoms with Gasteiger partial charge in [0.1, 0.15) is 5.56 Å². The van der Waals surface area contributed by atoms with Crippen molar-refractivity contribution in [3.05, 3.63) is 23.4 Å². The van der Waals surface area contributed by atoms with Gasteiger partial charge in [-0.25, -0.2) is 9.78 Å². The molecule has 6 nitrogen and oxygen atoms in total. The second-order valence-corrected chi connectivity index (χ2v) is 4.13. The Labute approximate surface area is 118 Å². The van der Waals surface area contributed by atoms with Crippen molar-refractivity contribution in [3.8, 4) is 5.88 Å². The number of carbonyl (C=O) groups is 2. The maximum absolute atomic E-state index is 11.9. The van der Waals surface area contributed by atoms with Gasteiger partial charge in [-0.3, -0.25) is 4.79 Å². The molecule has 0 aliphatic carbocycles. The predicted octanol–water partition coefficient (Wildman–Crippen LogP) is 1.80. The fourth-order valence-electron chi connectivity index (χ4n) is 1.54. The molecular weight excluding hydrogens is 260 g/mol. The third-order valence-corrected chi connectivity index (χ3v) is 2.59. The van der Waals surface area contributed by atoms with E-state index in [1.807, 2.05) is 6.92 Å². The molecule has 0 aliphatic heterocycles. The van der Waals surface area contributed by atoms with Crippen LogP contribution >= 0.6 is 0 Å². The highest BCUT2D eigenvalue weighted by atomic mass is 16.5. The number of hydrogen-bond donors (Lipinski definition) is 1. The van der Waals surface area contributed by atoms with Crippen molar-refractivity contribution < 1.29 is 19.1 Å². The number of esters is 1. The van der Waals surface area contributed by atoms with Crippen LogP contribution in [0.25, 0.3) is 0 Å². The molecule has 1 rings (SSSR count). The van der Waals surface area contributed by atoms with E-state index >= 15 is 0 Å². The summed E-state index contributed by atoms with van der Waals surface area (Å²) in [4.78, 5) is 27.7. The maximum atomic E-state index is 11.9. The van der Waals surface area contributed by atoms with Crippen LogP contribution in [0.3, 0.4) is 0 Å². The standard InChI is InChI=1S/C14H20N2O4/c1-4-6-7-20-14(18)10-8-11(12(17)15-5-2)13(19-3)16-9-10/h8-9H,4-7H2,1-3H3,(H,15,17). The fourth-order valence-corrected chi connectivity index (χ4v) is 1.54. The normalized spacial score (nSPS) is 9.95. The number of carbonyl (C=O) groups excluding carboxylic acids is 2. The molecule has 0 aromatic carbocycles. The summed E-state index contributed by atoms with van der Waals surface area (Å²) in [5.41, 5.74) is 0.461. The lowest BCUT2D eigenvalue weighted by molar-refractivity contribution is 0.0499. The zero-order valence-electron chi connectivity index (χ0n) is 12.1. The van der Waals surface area contributed by atoms with Crippen molar-refractivity contribution in [2.75, 3.05) is 20.3 Å². The quantitative estimate of drug-likeness (QED) is 0.608. The summed E-state index contributed by atoms with van der Waals surface area (Å²) in [5.74, 6) is -0.639. The van der Waals surface area contributed by atoms with Gasteiger partial charge in [-0.2, -0.15) is 0 Å². The molecule has 0 fully saturated rings. The molecule has 110 valence electrons. The molecule has 6 heteroatoms. The van der Waals surface area contributed by atoms with Crippen LogP contribution < -0.4 is 10.1 Å². The highest BCUT2D eigenvalue weighted by molar-refractivity contribution is 5.99. The molecule has 20 heavy (non-hydrogen) atoms. The maximum Gasteiger partial charge on any atom is 0.339 e. The van der Waals surface area contributed by atoms with Gasteiger partial charge in [0, 0.05) is 12.7 Å². The first-order chi connectivity index (χ1) is 9.63. The lowest BCUT2D eigenvalue weighted by Crippen LogP contribution is -2.24. The molecule has 0 unspecified atom stereocenters. The van der Waals surface area contributed by atoms with Crippen LogP contribution in [0.5, 0.6) is 5.88 Å². The van der Waals surface area contributed by atoms with E-state index in [4.69, 9.17) is 9.47 Å². The Balaban J connectivity index is 2.91. The average molecular weight is 280 g/mol. The van der Waals surface area contributed by atoms with Crippen LogP contribution in [0, 0.1) is 0 Å². The van der Waals surface area contributed by atoms with Gasteiger partial charge in [0.05, 0.1) is 19.3 Å². The molecule has 0 saturated heterocycles. The molecule has 0 bridgehead atoms. The molecule has 1 heterocycles. The van der Waals surface area contributed by atoms with Crippen molar-refractivity contribution in [1.82, 2.24) is 10.3 Å². The van der Waals surface area contributed by atoms with Crippen molar-refractivity contribution >= 4 is 11.9 Å². The van der Waals surface area contributed by atoms with Gasteiger partial charge in [-0.05, 0) is 19.4 Å². The van der Waals surface area contributed by atoms with E-state index in [9.17, 15) is 9.59 Å². The number of hydrogen-bond acceptors (Lipinski definition) is 5. The number of aromatic nitrogens is 1. The molecule has 1 amide bonds. The predicted molar refractivity (Wildman–Crippen MR) is 74.0 cm³/mol. The largest absolute Gasteiger partial charge is 0.480 e. The summed E-state index contributed by atoms with van der Waals surface area (Å²) in [7, 11) is 1.42. The van der Waals surface area contributed by atoms with Gasteiger partial charge < -0.3 is 14.8 Å². The van der Waals surface area contributed by atoms with Gasteiger partial charge in [-0.1, -0.05) is 13.3 Å². The summed E-state index contributed by atoms with van der Waals surface area (Å²) < 4.78 is 10.1. The van der Waals surface area contributed by atoms with Crippen molar-refractivity contribution in [3.63, 3.8) is 0 Å². The summed E-state index contributed by atoms with van der Waals surface area (Å²) in [6.45, 7) is 4.65. The summed E-state index contributed by atoms with van der Waals surface area (Å²) >= 11 is 0. The van der Waals surface area contributed by atoms with E-state index < -0.39 is 5.97 Å². The topological polar surface area (TPSA) is 77.5 Å². The minimum Gasteiger partial charge on any atom is -0.480 e. The summed E-state index contributed by atoms with van der Waals surface area (Å²) in [6, 6.07) is 1.44. The lowest BCUT2D eigenvalue weighted by Gasteiger charge is -2.09. The van der Waals surface area contributed by atoms with E-state index in [1.54, 1.807) is 6.92 Å². The number of methoxy groups -OCH3 is 1. The van der Waals surface area contributed by atoms with Gasteiger partial charge in [0.25, 0.3) is 5.91 Å². The van der Waals surface area contributed by atoms with Gasteiger partial charge in [-0.15, -0.1) is 0 Å². The van der Waals surface area contributed by atoms with E-state index in [1.165, 1.54) is 19.4 Å². The Kier molecular flexibility index (Phi) is 6.49. The third-order valence-electron chi connectivity index (χ3n) is 2.59. The number of pyridine rings is 1. The number of amides is 1. The highest BCUT2D eigenvalue weighted by Gasteiger charge is 2.17. The fraction of sp³-hybridized carbons (Fsp3) is 0.500. The monoisotopic (exact) mass is 280 g/mol. The molecule has 1 aromatic rings. The van der Waals surface area contributed by atoms with Gasteiger partial charge >= 0.3 is 5.97 Å². The Morgan fingerprint density at radius 1 is 1.35 bits per heavy atom. The Bertz CT molecular complexity index is 474. The van der Waals surface area contributed by atoms with Crippen LogP contribution in [0.4, 0.5) is 0 Å². The van der Waals surface area contributed by atoms with Crippen molar-refractivity contribution in [2.24, 2.45) is 0 Å². The number of rotatable bonds is 7. The second-order valence-electron chi connectivity index (χ2n) is 4.13. The van der Waals surface area contributed by atoms with E-state index in [-0.39, 0.29) is 22.9 Å². The first-order valence-corrected chi connectivity index (χ1v) is 6.63. The second kappa shape index (κ2) is 8.14. The van der Waals surface area contributed by atoms with Crippen molar-refractivity contribution in [1.29, 1.82) is 0 Å². The van der Waals surface area contributed by atoms with E-state index in [2.05, 4.69) is 10.3 Å². The SMILES string of the molecule is CCCCOC(=O)c1cnc(OC)c(C(=O)NCC)c1. The average Bonchev–Trinajstić information content (AvgIpc) is 2.47. The Morgan fingerprint density at radius 3 is 2.70 bits per heavy atom. The minimum atomic E-state index is -0.487. The molecular formula is C14H20N2O4. The zero-order valence-corrected chi connectivity index (χ0v) is 12.1. The first-order valence-electron chi connectivity index (χ1n) is 6.63. The lowest BCUT2D eigenvalue weighted by atomic mass is 10.2. The first kappa shape index (κ1) is 15.9. The number of unbranched alkanes of at least 4 members (excludes halogenated alkanes) is 1. The molecule has 0 aliphatic rings. The minimum absolute atomic E-state index is 0.182.